The number of pyridine rings is 1. The fraction of sp³-hybridized carbons (Fsp3) is 0.200. The predicted octanol–water partition coefficient (Wildman–Crippen LogP) is 4.09. The molecule has 0 aliphatic rings. The van der Waals surface area contributed by atoms with Crippen LogP contribution in [0, 0.1) is 0 Å². The molecule has 4 aromatic rings. The number of nitrogens with zero attached hydrogens (tertiary/aromatic N) is 2. The van der Waals surface area contributed by atoms with Crippen molar-refractivity contribution in [2.75, 3.05) is 12.3 Å². The highest BCUT2D eigenvalue weighted by Gasteiger charge is 2.13. The summed E-state index contributed by atoms with van der Waals surface area (Å²) in [5.74, 6) is 0.458. The fourth-order valence-electron chi connectivity index (χ4n) is 3.03. The zero-order chi connectivity index (χ0) is 18.1. The highest BCUT2D eigenvalue weighted by atomic mass is 32.1. The minimum atomic E-state index is 0.458. The Labute approximate surface area is 155 Å². The van der Waals surface area contributed by atoms with Gasteiger partial charge in [0.05, 0.1) is 16.8 Å². The summed E-state index contributed by atoms with van der Waals surface area (Å²) < 4.78 is 6.54. The Bertz CT molecular complexity index is 1090. The number of fused-ring (bicyclic) bond motifs is 3. The SMILES string of the molecule is CCOCc1nc2c(N)nc3cc(-c4cccc(CN)c4)ccc3c2s1. The smallest absolute Gasteiger partial charge is 0.151 e. The molecule has 0 saturated heterocycles. The minimum Gasteiger partial charge on any atom is -0.382 e. The van der Waals surface area contributed by atoms with E-state index in [1.165, 1.54) is 0 Å². The lowest BCUT2D eigenvalue weighted by Gasteiger charge is -2.07. The summed E-state index contributed by atoms with van der Waals surface area (Å²) in [5.41, 5.74) is 16.9. The second-order valence-corrected chi connectivity index (χ2v) is 7.14. The van der Waals surface area contributed by atoms with Crippen molar-refractivity contribution in [1.29, 1.82) is 0 Å². The van der Waals surface area contributed by atoms with E-state index in [9.17, 15) is 0 Å². The third kappa shape index (κ3) is 3.03. The molecule has 4 N–H and O–H groups in total. The van der Waals surface area contributed by atoms with Crippen LogP contribution >= 0.6 is 11.3 Å². The van der Waals surface area contributed by atoms with Crippen LogP contribution < -0.4 is 11.5 Å². The van der Waals surface area contributed by atoms with Gasteiger partial charge in [0.1, 0.15) is 10.5 Å². The summed E-state index contributed by atoms with van der Waals surface area (Å²) in [6.07, 6.45) is 0. The Morgan fingerprint density at radius 2 is 1.92 bits per heavy atom. The number of hydrogen-bond donors (Lipinski definition) is 2. The van der Waals surface area contributed by atoms with Crippen LogP contribution in [-0.2, 0) is 17.9 Å². The standard InChI is InChI=1S/C20H20N4OS/c1-2-25-11-17-24-18-19(26-17)15-7-6-14(9-16(15)23-20(18)22)13-5-3-4-12(8-13)10-21/h3-9H,2,10-11,21H2,1H3,(H2,22,23). The molecular formula is C20H20N4OS. The van der Waals surface area contributed by atoms with E-state index in [0.29, 0.717) is 25.6 Å². The number of hydrogen-bond acceptors (Lipinski definition) is 6. The van der Waals surface area contributed by atoms with Gasteiger partial charge in [0.15, 0.2) is 5.82 Å². The van der Waals surface area contributed by atoms with Crippen molar-refractivity contribution >= 4 is 38.3 Å². The van der Waals surface area contributed by atoms with Crippen molar-refractivity contribution in [2.45, 2.75) is 20.1 Å². The molecule has 2 aromatic heterocycles. The van der Waals surface area contributed by atoms with Crippen LogP contribution in [0.3, 0.4) is 0 Å². The maximum atomic E-state index is 6.17. The first kappa shape index (κ1) is 16.9. The van der Waals surface area contributed by atoms with Crippen molar-refractivity contribution in [3.63, 3.8) is 0 Å². The van der Waals surface area contributed by atoms with Crippen LogP contribution in [0.2, 0.25) is 0 Å². The van der Waals surface area contributed by atoms with Crippen molar-refractivity contribution in [1.82, 2.24) is 9.97 Å². The van der Waals surface area contributed by atoms with Gasteiger partial charge in [-0.25, -0.2) is 9.97 Å². The quantitative estimate of drug-likeness (QED) is 0.557. The van der Waals surface area contributed by atoms with Gasteiger partial charge < -0.3 is 16.2 Å². The van der Waals surface area contributed by atoms with Crippen LogP contribution in [-0.4, -0.2) is 16.6 Å². The Hall–Kier alpha value is -2.54. The second-order valence-electron chi connectivity index (χ2n) is 6.06. The molecule has 0 radical (unpaired) electrons. The zero-order valence-corrected chi connectivity index (χ0v) is 15.3. The summed E-state index contributed by atoms with van der Waals surface area (Å²) in [7, 11) is 0. The van der Waals surface area contributed by atoms with Crippen molar-refractivity contribution in [3.8, 4) is 11.1 Å². The minimum absolute atomic E-state index is 0.458. The monoisotopic (exact) mass is 364 g/mol. The summed E-state index contributed by atoms with van der Waals surface area (Å²) in [6, 6.07) is 14.5. The largest absolute Gasteiger partial charge is 0.382 e. The molecule has 4 rings (SSSR count). The predicted molar refractivity (Wildman–Crippen MR) is 108 cm³/mol. The maximum Gasteiger partial charge on any atom is 0.151 e. The lowest BCUT2D eigenvalue weighted by molar-refractivity contribution is 0.134. The molecule has 0 aliphatic carbocycles. The Morgan fingerprint density at radius 3 is 2.73 bits per heavy atom. The van der Waals surface area contributed by atoms with Gasteiger partial charge in [-0.15, -0.1) is 11.3 Å². The molecule has 6 heteroatoms. The third-order valence-electron chi connectivity index (χ3n) is 4.32. The molecular weight excluding hydrogens is 344 g/mol. The number of rotatable bonds is 5. The first-order valence-electron chi connectivity index (χ1n) is 8.55. The molecule has 0 saturated carbocycles. The first-order chi connectivity index (χ1) is 12.7. The van der Waals surface area contributed by atoms with E-state index >= 15 is 0 Å². The first-order valence-corrected chi connectivity index (χ1v) is 9.37. The van der Waals surface area contributed by atoms with E-state index in [1.54, 1.807) is 11.3 Å². The molecule has 2 heterocycles. The zero-order valence-electron chi connectivity index (χ0n) is 14.5. The molecule has 0 bridgehead atoms. The highest BCUT2D eigenvalue weighted by molar-refractivity contribution is 7.19. The number of nitrogen functional groups attached to an aromatic ring is 1. The molecule has 0 aliphatic heterocycles. The summed E-state index contributed by atoms with van der Waals surface area (Å²) in [4.78, 5) is 9.18. The second kappa shape index (κ2) is 6.99. The summed E-state index contributed by atoms with van der Waals surface area (Å²) >= 11 is 1.62. The molecule has 0 spiro atoms. The maximum absolute atomic E-state index is 6.17. The van der Waals surface area contributed by atoms with Gasteiger partial charge >= 0.3 is 0 Å². The molecule has 2 aromatic carbocycles. The van der Waals surface area contributed by atoms with E-state index in [2.05, 4.69) is 40.3 Å². The number of anilines is 1. The summed E-state index contributed by atoms with van der Waals surface area (Å²) in [6.45, 7) is 3.66. The van der Waals surface area contributed by atoms with Crippen molar-refractivity contribution in [3.05, 3.63) is 53.0 Å². The normalized spacial score (nSPS) is 11.5. The van der Waals surface area contributed by atoms with E-state index in [1.807, 2.05) is 19.1 Å². The summed E-state index contributed by atoms with van der Waals surface area (Å²) in [5, 5.41) is 1.98. The molecule has 5 nitrogen and oxygen atoms in total. The number of benzene rings is 2. The molecule has 0 atom stereocenters. The average Bonchev–Trinajstić information content (AvgIpc) is 3.11. The fourth-order valence-corrected chi connectivity index (χ4v) is 4.07. The van der Waals surface area contributed by atoms with Gasteiger partial charge in [-0.1, -0.05) is 30.3 Å². The average molecular weight is 364 g/mol. The third-order valence-corrected chi connectivity index (χ3v) is 5.39. The molecule has 132 valence electrons. The topological polar surface area (TPSA) is 87.0 Å². The van der Waals surface area contributed by atoms with Gasteiger partial charge in [0.25, 0.3) is 0 Å². The van der Waals surface area contributed by atoms with Gasteiger partial charge in [0, 0.05) is 18.5 Å². The number of thiazole rings is 1. The molecule has 26 heavy (non-hydrogen) atoms. The lowest BCUT2D eigenvalue weighted by atomic mass is 10.0. The van der Waals surface area contributed by atoms with Gasteiger partial charge in [-0.3, -0.25) is 0 Å². The Balaban J connectivity index is 1.84. The van der Waals surface area contributed by atoms with Crippen LogP contribution in [0.15, 0.2) is 42.5 Å². The molecule has 0 unspecified atom stereocenters. The van der Waals surface area contributed by atoms with Crippen LogP contribution in [0.1, 0.15) is 17.5 Å². The van der Waals surface area contributed by atoms with Gasteiger partial charge in [-0.2, -0.15) is 0 Å². The number of aromatic nitrogens is 2. The van der Waals surface area contributed by atoms with Crippen molar-refractivity contribution < 1.29 is 4.74 Å². The van der Waals surface area contributed by atoms with Gasteiger partial charge in [0.2, 0.25) is 0 Å². The van der Waals surface area contributed by atoms with Crippen LogP contribution in [0.25, 0.3) is 32.2 Å². The van der Waals surface area contributed by atoms with E-state index < -0.39 is 0 Å². The Morgan fingerprint density at radius 1 is 1.08 bits per heavy atom. The number of nitrogens with two attached hydrogens (primary N) is 2. The van der Waals surface area contributed by atoms with Gasteiger partial charge in [-0.05, 0) is 35.7 Å². The van der Waals surface area contributed by atoms with Crippen LogP contribution in [0.5, 0.6) is 0 Å². The van der Waals surface area contributed by atoms with Crippen LogP contribution in [0.4, 0.5) is 5.82 Å². The van der Waals surface area contributed by atoms with Crippen molar-refractivity contribution in [2.24, 2.45) is 5.73 Å². The van der Waals surface area contributed by atoms with E-state index in [4.69, 9.17) is 16.2 Å². The Kier molecular flexibility index (Phi) is 4.55. The van der Waals surface area contributed by atoms with E-state index in [-0.39, 0.29) is 0 Å². The molecule has 0 fully saturated rings. The lowest BCUT2D eigenvalue weighted by Crippen LogP contribution is -1.96. The number of ether oxygens (including phenoxy) is 1. The molecule has 0 amide bonds. The highest BCUT2D eigenvalue weighted by Crippen LogP contribution is 2.34. The van der Waals surface area contributed by atoms with E-state index in [0.717, 1.165) is 42.8 Å².